The Morgan fingerprint density at radius 3 is 2.79 bits per heavy atom. The highest BCUT2D eigenvalue weighted by Crippen LogP contribution is 2.34. The van der Waals surface area contributed by atoms with E-state index in [9.17, 15) is 5.11 Å². The van der Waals surface area contributed by atoms with E-state index >= 15 is 0 Å². The number of nitrogens with zero attached hydrogens (tertiary/aromatic N) is 3. The van der Waals surface area contributed by atoms with E-state index < -0.39 is 11.1 Å². The maximum atomic E-state index is 10.3. The number of aromatic nitrogens is 2. The van der Waals surface area contributed by atoms with Crippen molar-refractivity contribution in [1.29, 1.82) is 0 Å². The van der Waals surface area contributed by atoms with Crippen LogP contribution in [0.25, 0.3) is 11.4 Å². The number of hydrogen-bond donors (Lipinski definition) is 4. The maximum Gasteiger partial charge on any atom is 0.133 e. The fourth-order valence-corrected chi connectivity index (χ4v) is 5.30. The summed E-state index contributed by atoms with van der Waals surface area (Å²) in [5.74, 6) is 7.02. The molecule has 4 aliphatic rings. The fraction of sp³-hybridized carbons (Fsp3) is 0.444. The number of aromatic amines is 1. The molecule has 2 atom stereocenters. The van der Waals surface area contributed by atoms with Crippen molar-refractivity contribution in [3.8, 4) is 11.8 Å². The lowest BCUT2D eigenvalue weighted by atomic mass is 9.88. The molecule has 1 saturated heterocycles. The van der Waals surface area contributed by atoms with Gasteiger partial charge in [0.1, 0.15) is 22.7 Å². The Morgan fingerprint density at radius 2 is 1.97 bits per heavy atom. The summed E-state index contributed by atoms with van der Waals surface area (Å²) in [6.45, 7) is 8.17. The molecule has 1 fully saturated rings. The Hall–Kier alpha value is -3.05. The van der Waals surface area contributed by atoms with Crippen LogP contribution in [0.2, 0.25) is 0 Å². The zero-order valence-electron chi connectivity index (χ0n) is 20.1. The molecule has 0 spiro atoms. The summed E-state index contributed by atoms with van der Waals surface area (Å²) in [5.41, 5.74) is 13.2. The molecule has 3 heterocycles. The highest BCUT2D eigenvalue weighted by Gasteiger charge is 2.36. The van der Waals surface area contributed by atoms with E-state index in [0.29, 0.717) is 6.42 Å². The molecule has 0 amide bonds. The molecule has 2 aliphatic carbocycles. The molecule has 2 aliphatic heterocycles. The third kappa shape index (κ3) is 3.72. The minimum Gasteiger partial charge on any atom is -0.378 e. The number of piperazine rings is 1. The van der Waals surface area contributed by atoms with Gasteiger partial charge in [-0.1, -0.05) is 30.0 Å². The Kier molecular flexibility index (Phi) is 4.89. The number of imidazole rings is 1. The van der Waals surface area contributed by atoms with Gasteiger partial charge in [-0.05, 0) is 57.0 Å². The van der Waals surface area contributed by atoms with Crippen molar-refractivity contribution < 1.29 is 5.11 Å². The number of nitrogens with one attached hydrogen (secondary N) is 3. The number of H-pyrrole nitrogens is 1. The Morgan fingerprint density at radius 1 is 1.15 bits per heavy atom. The van der Waals surface area contributed by atoms with Crippen LogP contribution in [0, 0.1) is 11.8 Å². The van der Waals surface area contributed by atoms with E-state index in [1.165, 1.54) is 11.4 Å². The molecule has 34 heavy (non-hydrogen) atoms. The average Bonchev–Trinajstić information content (AvgIpc) is 3.44. The number of hydrazine groups is 1. The van der Waals surface area contributed by atoms with Gasteiger partial charge in [-0.2, -0.15) is 0 Å². The van der Waals surface area contributed by atoms with E-state index in [4.69, 9.17) is 4.98 Å². The first kappa shape index (κ1) is 21.5. The third-order valence-electron chi connectivity index (χ3n) is 7.40. The van der Waals surface area contributed by atoms with Crippen molar-refractivity contribution >= 4 is 11.4 Å². The maximum absolute atomic E-state index is 10.3. The van der Waals surface area contributed by atoms with Crippen LogP contribution in [0.4, 0.5) is 0 Å². The van der Waals surface area contributed by atoms with Crippen molar-refractivity contribution in [1.82, 2.24) is 30.6 Å². The zero-order chi connectivity index (χ0) is 23.5. The van der Waals surface area contributed by atoms with Crippen LogP contribution in [0.1, 0.15) is 54.2 Å². The normalized spacial score (nSPS) is 28.3. The first-order chi connectivity index (χ1) is 16.3. The summed E-state index contributed by atoms with van der Waals surface area (Å²) in [5, 5.41) is 10.3. The van der Waals surface area contributed by atoms with Crippen molar-refractivity contribution in [3.63, 3.8) is 0 Å². The Bertz CT molecular complexity index is 1270. The minimum absolute atomic E-state index is 0.453. The number of allylic oxidation sites excluding steroid dienone is 1. The molecule has 7 heteroatoms. The van der Waals surface area contributed by atoms with Gasteiger partial charge in [-0.3, -0.25) is 0 Å². The summed E-state index contributed by atoms with van der Waals surface area (Å²) in [7, 11) is 2.19. The summed E-state index contributed by atoms with van der Waals surface area (Å²) >= 11 is 0. The number of rotatable bonds is 3. The number of aliphatic hydroxyl groups is 1. The standard InChI is InChI=1S/C27H32N6O/c1-26(34)10-9-18-15-19(7-8-20(18)16-26)22-17-27(2,31-30-22)25-28-21-5-4-6-23(24(21)29-25)33-13-11-32(3)12-14-33/h6-8,15,17,30-31,34H,4-5,11-14,16H2,1-3H3,(H,28,29). The first-order valence-electron chi connectivity index (χ1n) is 12.2. The topological polar surface area (TPSA) is 79.5 Å². The predicted molar refractivity (Wildman–Crippen MR) is 133 cm³/mol. The lowest BCUT2D eigenvalue weighted by Gasteiger charge is -2.36. The molecule has 7 nitrogen and oxygen atoms in total. The van der Waals surface area contributed by atoms with E-state index in [2.05, 4.69) is 81.8 Å². The van der Waals surface area contributed by atoms with Gasteiger partial charge >= 0.3 is 0 Å². The van der Waals surface area contributed by atoms with Crippen molar-refractivity contribution in [3.05, 3.63) is 64.3 Å². The zero-order valence-corrected chi connectivity index (χ0v) is 20.1. The number of aryl methyl sites for hydroxylation is 1. The second-order valence-corrected chi connectivity index (χ2v) is 10.4. The average molecular weight is 457 g/mol. The van der Waals surface area contributed by atoms with Gasteiger partial charge in [-0.25, -0.2) is 10.4 Å². The van der Waals surface area contributed by atoms with E-state index in [1.807, 2.05) is 0 Å². The van der Waals surface area contributed by atoms with Gasteiger partial charge < -0.3 is 25.3 Å². The van der Waals surface area contributed by atoms with Gasteiger partial charge in [0.05, 0.1) is 11.4 Å². The number of fused-ring (bicyclic) bond motifs is 2. The Balaban J connectivity index is 1.28. The summed E-state index contributed by atoms with van der Waals surface area (Å²) in [6, 6.07) is 6.27. The number of likely N-dealkylation sites (N-methyl/N-ethyl adjacent to an activating group) is 1. The lowest BCUT2D eigenvalue weighted by Crippen LogP contribution is -2.43. The third-order valence-corrected chi connectivity index (χ3v) is 7.40. The fourth-order valence-electron chi connectivity index (χ4n) is 5.30. The largest absolute Gasteiger partial charge is 0.378 e. The molecule has 2 aromatic rings. The van der Waals surface area contributed by atoms with Crippen LogP contribution in [-0.4, -0.2) is 63.7 Å². The van der Waals surface area contributed by atoms with Crippen LogP contribution < -0.4 is 10.9 Å². The molecular formula is C27H32N6O. The van der Waals surface area contributed by atoms with Crippen molar-refractivity contribution in [2.75, 3.05) is 33.2 Å². The Labute approximate surface area is 200 Å². The predicted octanol–water partition coefficient (Wildman–Crippen LogP) is 1.97. The van der Waals surface area contributed by atoms with E-state index in [1.54, 1.807) is 6.92 Å². The highest BCUT2D eigenvalue weighted by molar-refractivity contribution is 5.70. The second kappa shape index (κ2) is 7.74. The van der Waals surface area contributed by atoms with Gasteiger partial charge in [-0.15, -0.1) is 0 Å². The van der Waals surface area contributed by atoms with Crippen LogP contribution >= 0.6 is 0 Å². The summed E-state index contributed by atoms with van der Waals surface area (Å²) < 4.78 is 0. The molecule has 176 valence electrons. The monoisotopic (exact) mass is 456 g/mol. The van der Waals surface area contributed by atoms with Gasteiger partial charge in [0.25, 0.3) is 0 Å². The van der Waals surface area contributed by atoms with Crippen LogP contribution in [-0.2, 0) is 18.4 Å². The van der Waals surface area contributed by atoms with Gasteiger partial charge in [0.2, 0.25) is 0 Å². The molecule has 0 radical (unpaired) electrons. The highest BCUT2D eigenvalue weighted by atomic mass is 16.3. The molecule has 0 saturated carbocycles. The SMILES string of the molecule is CN1CCN(C2=CCCc3[nH]c(C4(C)C=C(c5ccc6c(c5)C#CC(C)(O)C6)NN4)nc32)CC1. The second-order valence-electron chi connectivity index (χ2n) is 10.4. The van der Waals surface area contributed by atoms with Gasteiger partial charge in [0, 0.05) is 43.9 Å². The summed E-state index contributed by atoms with van der Waals surface area (Å²) in [6.07, 6.45) is 7.15. The summed E-state index contributed by atoms with van der Waals surface area (Å²) in [4.78, 5) is 13.6. The van der Waals surface area contributed by atoms with E-state index in [0.717, 1.165) is 72.9 Å². The first-order valence-corrected chi connectivity index (χ1v) is 12.2. The number of benzene rings is 1. The molecule has 2 unspecified atom stereocenters. The molecule has 1 aromatic carbocycles. The molecular weight excluding hydrogens is 424 g/mol. The van der Waals surface area contributed by atoms with Gasteiger partial charge in [0.15, 0.2) is 0 Å². The minimum atomic E-state index is -0.949. The number of hydrogen-bond acceptors (Lipinski definition) is 6. The quantitative estimate of drug-likeness (QED) is 0.529. The smallest absolute Gasteiger partial charge is 0.133 e. The van der Waals surface area contributed by atoms with E-state index in [-0.39, 0.29) is 0 Å². The lowest BCUT2D eigenvalue weighted by molar-refractivity contribution is 0.121. The van der Waals surface area contributed by atoms with Crippen LogP contribution in [0.5, 0.6) is 0 Å². The van der Waals surface area contributed by atoms with Crippen molar-refractivity contribution in [2.45, 2.75) is 44.2 Å². The molecule has 6 rings (SSSR count). The van der Waals surface area contributed by atoms with Crippen LogP contribution in [0.15, 0.2) is 30.4 Å². The van der Waals surface area contributed by atoms with Crippen LogP contribution in [0.3, 0.4) is 0 Å². The molecule has 1 aromatic heterocycles. The molecule has 0 bridgehead atoms. The van der Waals surface area contributed by atoms with Crippen molar-refractivity contribution in [2.24, 2.45) is 0 Å². The molecule has 4 N–H and O–H groups in total.